The molecule has 2 nitrogen and oxygen atoms in total. The van der Waals surface area contributed by atoms with E-state index in [-0.39, 0.29) is 5.41 Å². The number of carboxylic acids is 1. The van der Waals surface area contributed by atoms with Crippen LogP contribution in [0.25, 0.3) is 0 Å². The molecule has 0 aliphatic rings. The van der Waals surface area contributed by atoms with E-state index in [1.165, 1.54) is 6.08 Å². The number of allylic oxidation sites excluding steroid dienone is 3. The van der Waals surface area contributed by atoms with E-state index in [1.54, 1.807) is 6.08 Å². The van der Waals surface area contributed by atoms with Crippen molar-refractivity contribution in [1.29, 1.82) is 0 Å². The van der Waals surface area contributed by atoms with Crippen LogP contribution in [0.2, 0.25) is 0 Å². The Kier molecular flexibility index (Phi) is 4.34. The molecule has 0 aromatic heterocycles. The summed E-state index contributed by atoms with van der Waals surface area (Å²) >= 11 is 0. The van der Waals surface area contributed by atoms with Gasteiger partial charge in [0.25, 0.3) is 0 Å². The molecule has 12 heavy (non-hydrogen) atoms. The first-order valence-electron chi connectivity index (χ1n) is 4.01. The van der Waals surface area contributed by atoms with Gasteiger partial charge in [-0.3, -0.25) is 0 Å². The van der Waals surface area contributed by atoms with E-state index in [1.807, 2.05) is 32.9 Å². The Morgan fingerprint density at radius 2 is 2.08 bits per heavy atom. The normalized spacial score (nSPS) is 12.9. The third-order valence-electron chi connectivity index (χ3n) is 1.56. The Balaban J connectivity index is 4.11. The van der Waals surface area contributed by atoms with Gasteiger partial charge in [-0.05, 0) is 18.8 Å². The monoisotopic (exact) mass is 168 g/mol. The molecule has 0 aromatic rings. The predicted molar refractivity (Wildman–Crippen MR) is 50.0 cm³/mol. The van der Waals surface area contributed by atoms with Gasteiger partial charge in [-0.15, -0.1) is 0 Å². The summed E-state index contributed by atoms with van der Waals surface area (Å²) in [6.45, 7) is 5.97. The molecule has 0 saturated heterocycles. The lowest BCUT2D eigenvalue weighted by Gasteiger charge is -2.16. The van der Waals surface area contributed by atoms with Crippen LogP contribution in [-0.4, -0.2) is 11.1 Å². The van der Waals surface area contributed by atoms with Crippen molar-refractivity contribution in [3.8, 4) is 0 Å². The molecule has 0 aromatic carbocycles. The molecular formula is C10H16O2. The Labute approximate surface area is 73.6 Å². The SMILES string of the molecule is C/C=C/CC(C)(C)/C=C/C(=O)O. The zero-order chi connectivity index (χ0) is 9.61. The number of carboxylic acid groups (broad SMARTS) is 1. The molecule has 0 aliphatic heterocycles. The van der Waals surface area contributed by atoms with Gasteiger partial charge in [0.1, 0.15) is 0 Å². The third-order valence-corrected chi connectivity index (χ3v) is 1.56. The van der Waals surface area contributed by atoms with Gasteiger partial charge in [0.15, 0.2) is 0 Å². The Morgan fingerprint density at radius 3 is 2.50 bits per heavy atom. The first-order valence-corrected chi connectivity index (χ1v) is 4.01. The Morgan fingerprint density at radius 1 is 1.50 bits per heavy atom. The van der Waals surface area contributed by atoms with Crippen molar-refractivity contribution in [1.82, 2.24) is 0 Å². The molecule has 1 N–H and O–H groups in total. The van der Waals surface area contributed by atoms with Crippen molar-refractivity contribution in [2.45, 2.75) is 27.2 Å². The van der Waals surface area contributed by atoms with Crippen LogP contribution < -0.4 is 0 Å². The maximum atomic E-state index is 10.2. The van der Waals surface area contributed by atoms with Gasteiger partial charge in [0.2, 0.25) is 0 Å². The second-order valence-electron chi connectivity index (χ2n) is 3.43. The summed E-state index contributed by atoms with van der Waals surface area (Å²) in [5.74, 6) is -0.886. The van der Waals surface area contributed by atoms with Crippen molar-refractivity contribution >= 4 is 5.97 Å². The largest absolute Gasteiger partial charge is 0.478 e. The minimum Gasteiger partial charge on any atom is -0.478 e. The van der Waals surface area contributed by atoms with Gasteiger partial charge in [-0.1, -0.05) is 32.1 Å². The molecule has 0 spiro atoms. The van der Waals surface area contributed by atoms with E-state index < -0.39 is 5.97 Å². The maximum absolute atomic E-state index is 10.2. The molecule has 0 unspecified atom stereocenters. The van der Waals surface area contributed by atoms with E-state index in [0.29, 0.717) is 0 Å². The summed E-state index contributed by atoms with van der Waals surface area (Å²) in [5, 5.41) is 8.40. The smallest absolute Gasteiger partial charge is 0.327 e. The van der Waals surface area contributed by atoms with Crippen molar-refractivity contribution in [3.63, 3.8) is 0 Å². The first kappa shape index (κ1) is 11.0. The van der Waals surface area contributed by atoms with Crippen molar-refractivity contribution in [2.24, 2.45) is 5.41 Å². The molecule has 0 amide bonds. The highest BCUT2D eigenvalue weighted by molar-refractivity contribution is 5.79. The molecule has 0 atom stereocenters. The molecule has 0 saturated carbocycles. The maximum Gasteiger partial charge on any atom is 0.327 e. The van der Waals surface area contributed by atoms with Crippen molar-refractivity contribution in [3.05, 3.63) is 24.3 Å². The molecule has 68 valence electrons. The van der Waals surface area contributed by atoms with Gasteiger partial charge in [-0.2, -0.15) is 0 Å². The third kappa shape index (κ3) is 5.71. The molecule has 0 bridgehead atoms. The lowest BCUT2D eigenvalue weighted by molar-refractivity contribution is -0.131. The van der Waals surface area contributed by atoms with Crippen LogP contribution in [0.3, 0.4) is 0 Å². The van der Waals surface area contributed by atoms with Gasteiger partial charge in [-0.25, -0.2) is 4.79 Å². The number of aliphatic carboxylic acids is 1. The standard InChI is InChI=1S/C10H16O2/c1-4-5-7-10(2,3)8-6-9(11)12/h4-6,8H,7H2,1-3H3,(H,11,12)/b5-4+,8-6+. The fourth-order valence-corrected chi connectivity index (χ4v) is 0.787. The number of carbonyl (C=O) groups is 1. The lowest BCUT2D eigenvalue weighted by atomic mass is 9.89. The molecule has 0 radical (unpaired) electrons. The zero-order valence-corrected chi connectivity index (χ0v) is 7.87. The average molecular weight is 168 g/mol. The number of hydrogen-bond donors (Lipinski definition) is 1. The molecule has 2 heteroatoms. The van der Waals surface area contributed by atoms with Gasteiger partial charge >= 0.3 is 5.97 Å². The highest BCUT2D eigenvalue weighted by atomic mass is 16.4. The predicted octanol–water partition coefficient (Wildman–Crippen LogP) is 2.62. The summed E-state index contributed by atoms with van der Waals surface area (Å²) in [4.78, 5) is 10.2. The van der Waals surface area contributed by atoms with Gasteiger partial charge in [0, 0.05) is 6.08 Å². The van der Waals surface area contributed by atoms with Gasteiger partial charge < -0.3 is 5.11 Å². The fourth-order valence-electron chi connectivity index (χ4n) is 0.787. The summed E-state index contributed by atoms with van der Waals surface area (Å²) in [7, 11) is 0. The highest BCUT2D eigenvalue weighted by Crippen LogP contribution is 2.22. The van der Waals surface area contributed by atoms with Crippen LogP contribution in [0.5, 0.6) is 0 Å². The molecule has 0 heterocycles. The van der Waals surface area contributed by atoms with Gasteiger partial charge in [0.05, 0.1) is 0 Å². The van der Waals surface area contributed by atoms with Crippen LogP contribution in [0.1, 0.15) is 27.2 Å². The van der Waals surface area contributed by atoms with E-state index in [9.17, 15) is 4.79 Å². The quantitative estimate of drug-likeness (QED) is 0.517. The first-order chi connectivity index (χ1) is 5.48. The van der Waals surface area contributed by atoms with Crippen LogP contribution in [0, 0.1) is 5.41 Å². The minimum absolute atomic E-state index is 0.0646. The lowest BCUT2D eigenvalue weighted by Crippen LogP contribution is -2.06. The van der Waals surface area contributed by atoms with E-state index in [0.717, 1.165) is 6.42 Å². The zero-order valence-electron chi connectivity index (χ0n) is 7.87. The Hall–Kier alpha value is -1.05. The molecule has 0 rings (SSSR count). The Bertz CT molecular complexity index is 200. The fraction of sp³-hybridized carbons (Fsp3) is 0.500. The molecule has 0 fully saturated rings. The summed E-state index contributed by atoms with van der Waals surface area (Å²) < 4.78 is 0. The average Bonchev–Trinajstić information content (AvgIpc) is 1.98. The second-order valence-corrected chi connectivity index (χ2v) is 3.43. The van der Waals surface area contributed by atoms with Crippen molar-refractivity contribution in [2.75, 3.05) is 0 Å². The van der Waals surface area contributed by atoms with Crippen LogP contribution in [0.15, 0.2) is 24.3 Å². The van der Waals surface area contributed by atoms with Crippen LogP contribution in [0.4, 0.5) is 0 Å². The van der Waals surface area contributed by atoms with E-state index >= 15 is 0 Å². The summed E-state index contributed by atoms with van der Waals surface area (Å²) in [5.41, 5.74) is -0.0646. The topological polar surface area (TPSA) is 37.3 Å². The molecular weight excluding hydrogens is 152 g/mol. The number of hydrogen-bond acceptors (Lipinski definition) is 1. The summed E-state index contributed by atoms with van der Waals surface area (Å²) in [6.07, 6.45) is 7.79. The highest BCUT2D eigenvalue weighted by Gasteiger charge is 2.11. The molecule has 0 aliphatic carbocycles. The van der Waals surface area contributed by atoms with E-state index in [4.69, 9.17) is 5.11 Å². The van der Waals surface area contributed by atoms with Crippen LogP contribution in [-0.2, 0) is 4.79 Å². The van der Waals surface area contributed by atoms with E-state index in [2.05, 4.69) is 0 Å². The van der Waals surface area contributed by atoms with Crippen LogP contribution >= 0.6 is 0 Å². The summed E-state index contributed by atoms with van der Waals surface area (Å²) in [6, 6.07) is 0. The van der Waals surface area contributed by atoms with Crippen molar-refractivity contribution < 1.29 is 9.90 Å². The minimum atomic E-state index is -0.886. The second kappa shape index (κ2) is 4.75. The number of rotatable bonds is 4.